The fourth-order valence-corrected chi connectivity index (χ4v) is 4.16. The number of carbonyl (C=O) groups excluding carboxylic acids is 1. The summed E-state index contributed by atoms with van der Waals surface area (Å²) in [6.45, 7) is -4.49. The van der Waals surface area contributed by atoms with E-state index in [9.17, 15) is 28.8 Å². The number of carbonyl (C=O) groups is 1. The Labute approximate surface area is 187 Å². The molecule has 11 nitrogen and oxygen atoms in total. The number of phosphoric ester groups is 1. The topological polar surface area (TPSA) is 149 Å². The van der Waals surface area contributed by atoms with Crippen LogP contribution in [0.5, 0.6) is 5.75 Å². The SMILES string of the molecule is [2H]C([2H])(OP1(=O)OCc2cc(F)ccc2O1)[C@@]1(F)O[C@@]([2H])(n2cc(C=O)c(=O)[nH]c2=S)[C@H](O)[C@@H]1O. The Balaban J connectivity index is 1.68. The molecule has 4 rings (SSSR count). The summed E-state index contributed by atoms with van der Waals surface area (Å²) in [5.74, 6) is -4.99. The number of ether oxygens (including phenoxy) is 1. The number of H-pyrrole nitrogens is 1. The number of rotatable bonds is 5. The second-order valence-electron chi connectivity index (χ2n) is 6.56. The van der Waals surface area contributed by atoms with Crippen LogP contribution in [0.15, 0.2) is 29.2 Å². The van der Waals surface area contributed by atoms with Crippen molar-refractivity contribution < 1.29 is 50.8 Å². The zero-order valence-electron chi connectivity index (χ0n) is 18.6. The number of alkyl halides is 1. The molecule has 1 unspecified atom stereocenters. The number of halogens is 2. The van der Waals surface area contributed by atoms with Gasteiger partial charge in [0.05, 0.1) is 16.3 Å². The third-order valence-electron chi connectivity index (χ3n) is 4.43. The number of nitrogens with one attached hydrogen (secondary N) is 1. The first kappa shape index (κ1) is 19.2. The Morgan fingerprint density at radius 2 is 2.28 bits per heavy atom. The highest BCUT2D eigenvalue weighted by atomic mass is 32.1. The molecule has 0 aliphatic carbocycles. The summed E-state index contributed by atoms with van der Waals surface area (Å²) >= 11 is 4.85. The maximum atomic E-state index is 15.9. The number of aliphatic hydroxyl groups is 2. The summed E-state index contributed by atoms with van der Waals surface area (Å²) in [6.07, 6.45) is -7.90. The lowest BCUT2D eigenvalue weighted by Gasteiger charge is -2.28. The molecule has 0 amide bonds. The first-order valence-corrected chi connectivity index (χ1v) is 10.5. The van der Waals surface area contributed by atoms with Crippen molar-refractivity contribution in [3.8, 4) is 5.75 Å². The predicted octanol–water partition coefficient (Wildman–Crippen LogP) is 1.51. The van der Waals surface area contributed by atoms with Gasteiger partial charge in [-0.15, -0.1) is 0 Å². The highest BCUT2D eigenvalue weighted by Gasteiger charge is 2.57. The molecule has 1 aromatic heterocycles. The molecule has 1 saturated heterocycles. The van der Waals surface area contributed by atoms with E-state index in [-0.39, 0.29) is 17.6 Å². The average Bonchev–Trinajstić information content (AvgIpc) is 2.95. The molecular formula is C17H15F2N2O9PS. The van der Waals surface area contributed by atoms with Crippen LogP contribution < -0.4 is 10.1 Å². The van der Waals surface area contributed by atoms with Crippen LogP contribution in [0.3, 0.4) is 0 Å². The van der Waals surface area contributed by atoms with Crippen molar-refractivity contribution in [1.29, 1.82) is 0 Å². The standard InChI is InChI=1S/C17H15F2N2O9PS/c18-10-1-2-11-8(3-10)6-27-31(26,30-11)28-7-17(19)13(24)12(23)15(29-17)21-4-9(5-22)14(25)20-16(21)32/h1-5,12-13,15,23-24H,6-7H2,(H,20,25,32)/t12-,13+,15-,17-,31?/m1/s1/i7D2,15D. The van der Waals surface area contributed by atoms with Gasteiger partial charge in [-0.1, -0.05) is 0 Å². The minimum atomic E-state index is -4.96. The van der Waals surface area contributed by atoms with E-state index >= 15 is 4.39 Å². The van der Waals surface area contributed by atoms with Crippen LogP contribution in [-0.4, -0.2) is 50.7 Å². The lowest BCUT2D eigenvalue weighted by molar-refractivity contribution is -0.205. The van der Waals surface area contributed by atoms with Gasteiger partial charge in [0, 0.05) is 11.8 Å². The number of hydrogen-bond donors (Lipinski definition) is 3. The van der Waals surface area contributed by atoms with Crippen molar-refractivity contribution in [3.63, 3.8) is 0 Å². The maximum Gasteiger partial charge on any atom is 0.530 e. The number of hydrogen-bond acceptors (Lipinski definition) is 10. The Morgan fingerprint density at radius 1 is 1.53 bits per heavy atom. The largest absolute Gasteiger partial charge is 0.530 e. The van der Waals surface area contributed by atoms with Crippen molar-refractivity contribution >= 4 is 26.3 Å². The van der Waals surface area contributed by atoms with Gasteiger partial charge in [0.15, 0.2) is 17.3 Å². The molecule has 5 atom stereocenters. The smallest absolute Gasteiger partial charge is 0.404 e. The first-order chi connectivity index (χ1) is 16.2. The number of aliphatic hydroxyl groups excluding tert-OH is 2. The van der Waals surface area contributed by atoms with E-state index in [2.05, 4.69) is 4.52 Å². The second kappa shape index (κ2) is 8.23. The predicted molar refractivity (Wildman–Crippen MR) is 103 cm³/mol. The molecule has 15 heteroatoms. The highest BCUT2D eigenvalue weighted by molar-refractivity contribution is 7.71. The molecule has 172 valence electrons. The molecule has 1 fully saturated rings. The second-order valence-corrected chi connectivity index (χ2v) is 8.47. The van der Waals surface area contributed by atoms with E-state index in [1.54, 1.807) is 0 Å². The minimum absolute atomic E-state index is 0.0590. The van der Waals surface area contributed by atoms with Crippen molar-refractivity contribution in [2.75, 3.05) is 6.56 Å². The van der Waals surface area contributed by atoms with E-state index in [1.807, 2.05) is 4.98 Å². The molecular weight excluding hydrogens is 477 g/mol. The first-order valence-electron chi connectivity index (χ1n) is 10.2. The number of aromatic amines is 1. The fourth-order valence-electron chi connectivity index (χ4n) is 2.83. The molecule has 1 aromatic carbocycles. The lowest BCUT2D eigenvalue weighted by atomic mass is 10.1. The summed E-state index contributed by atoms with van der Waals surface area (Å²) in [5, 5.41) is 20.7. The zero-order chi connectivity index (χ0) is 26.0. The van der Waals surface area contributed by atoms with Gasteiger partial charge in [-0.2, -0.15) is 0 Å². The third kappa shape index (κ3) is 4.06. The molecule has 2 aliphatic heterocycles. The summed E-state index contributed by atoms with van der Waals surface area (Å²) in [7, 11) is -4.96. The van der Waals surface area contributed by atoms with Gasteiger partial charge in [-0.3, -0.25) is 28.2 Å². The minimum Gasteiger partial charge on any atom is -0.404 e. The summed E-state index contributed by atoms with van der Waals surface area (Å²) in [4.78, 5) is 24.8. The van der Waals surface area contributed by atoms with Gasteiger partial charge < -0.3 is 19.5 Å². The maximum absolute atomic E-state index is 15.9. The molecule has 2 aliphatic rings. The van der Waals surface area contributed by atoms with Crippen LogP contribution in [0.4, 0.5) is 8.78 Å². The molecule has 32 heavy (non-hydrogen) atoms. The van der Waals surface area contributed by atoms with Crippen molar-refractivity contribution in [3.05, 3.63) is 56.5 Å². The van der Waals surface area contributed by atoms with Crippen LogP contribution in [0.1, 0.15) is 26.2 Å². The number of aromatic nitrogens is 2. The van der Waals surface area contributed by atoms with Gasteiger partial charge in [0.25, 0.3) is 11.4 Å². The van der Waals surface area contributed by atoms with E-state index < -0.39 is 67.0 Å². The van der Waals surface area contributed by atoms with Gasteiger partial charge in [-0.05, 0) is 30.4 Å². The fraction of sp³-hybridized carbons (Fsp3) is 0.353. The normalized spacial score (nSPS) is 35.8. The average molecular weight is 495 g/mol. The van der Waals surface area contributed by atoms with Gasteiger partial charge in [0.1, 0.15) is 30.3 Å². The van der Waals surface area contributed by atoms with E-state index in [0.717, 1.165) is 18.2 Å². The van der Waals surface area contributed by atoms with E-state index in [4.69, 9.17) is 30.1 Å². The summed E-state index contributed by atoms with van der Waals surface area (Å²) < 4.78 is 85.4. The number of nitrogens with zero attached hydrogens (tertiary/aromatic N) is 1. The monoisotopic (exact) mass is 495 g/mol. The van der Waals surface area contributed by atoms with Gasteiger partial charge >= 0.3 is 7.82 Å². The lowest BCUT2D eigenvalue weighted by Crippen LogP contribution is -2.43. The quantitative estimate of drug-likeness (QED) is 0.317. The Kier molecular flexibility index (Phi) is 4.93. The summed E-state index contributed by atoms with van der Waals surface area (Å²) in [5.41, 5.74) is -1.51. The van der Waals surface area contributed by atoms with Crippen molar-refractivity contribution in [1.82, 2.24) is 9.55 Å². The zero-order valence-corrected chi connectivity index (χ0v) is 17.3. The highest BCUT2D eigenvalue weighted by Crippen LogP contribution is 2.55. The van der Waals surface area contributed by atoms with Crippen molar-refractivity contribution in [2.24, 2.45) is 0 Å². The Morgan fingerprint density at radius 3 is 3.00 bits per heavy atom. The Hall–Kier alpha value is -2.32. The van der Waals surface area contributed by atoms with E-state index in [1.165, 1.54) is 0 Å². The molecule has 3 N–H and O–H groups in total. The van der Waals surface area contributed by atoms with Crippen molar-refractivity contribution in [2.45, 2.75) is 30.9 Å². The number of phosphoric acid groups is 1. The Bertz CT molecular complexity index is 1380. The number of aldehydes is 1. The van der Waals surface area contributed by atoms with Crippen LogP contribution in [0, 0.1) is 10.6 Å². The van der Waals surface area contributed by atoms with E-state index in [0.29, 0.717) is 10.8 Å². The summed E-state index contributed by atoms with van der Waals surface area (Å²) in [6, 6.07) is 2.97. The molecule has 3 heterocycles. The molecule has 0 bridgehead atoms. The molecule has 0 saturated carbocycles. The van der Waals surface area contributed by atoms with Gasteiger partial charge in [-0.25, -0.2) is 13.3 Å². The third-order valence-corrected chi connectivity index (χ3v) is 5.91. The number of fused-ring (bicyclic) bond motifs is 1. The van der Waals surface area contributed by atoms with Gasteiger partial charge in [0.2, 0.25) is 0 Å². The van der Waals surface area contributed by atoms with Crippen LogP contribution in [0.25, 0.3) is 0 Å². The van der Waals surface area contributed by atoms with Crippen LogP contribution >= 0.6 is 20.0 Å². The molecule has 0 radical (unpaired) electrons. The number of benzene rings is 1. The molecule has 0 spiro atoms. The van der Waals surface area contributed by atoms with Crippen LogP contribution in [0.2, 0.25) is 0 Å². The van der Waals surface area contributed by atoms with Crippen LogP contribution in [-0.2, 0) is 25.0 Å². The molecule has 2 aromatic rings.